The summed E-state index contributed by atoms with van der Waals surface area (Å²) in [5, 5.41) is 0. The molecular formula is C21H22BrN3S3. The lowest BCUT2D eigenvalue weighted by Gasteiger charge is -2.12. The third-order valence-corrected chi connectivity index (χ3v) is 8.53. The smallest absolute Gasteiger partial charge is 0.133 e. The molecule has 4 rings (SSSR count). The number of nitrogens with zero attached hydrogens (tertiary/aromatic N) is 3. The number of hydrogen-bond acceptors (Lipinski definition) is 6. The van der Waals surface area contributed by atoms with E-state index in [1.54, 1.807) is 11.3 Å². The van der Waals surface area contributed by atoms with Crippen LogP contribution >= 0.6 is 50.3 Å². The minimum atomic E-state index is 0.808. The first kappa shape index (κ1) is 20.1. The Bertz CT molecular complexity index is 1070. The van der Waals surface area contributed by atoms with Gasteiger partial charge >= 0.3 is 0 Å². The number of fused-ring (bicyclic) bond motifs is 1. The average molecular weight is 493 g/mol. The second-order valence-electron chi connectivity index (χ2n) is 6.97. The fourth-order valence-electron chi connectivity index (χ4n) is 3.37. The highest BCUT2D eigenvalue weighted by Gasteiger charge is 2.16. The van der Waals surface area contributed by atoms with Crippen molar-refractivity contribution in [2.45, 2.75) is 46.0 Å². The Balaban J connectivity index is 1.56. The Labute approximate surface area is 186 Å². The van der Waals surface area contributed by atoms with Gasteiger partial charge in [0.05, 0.1) is 21.1 Å². The molecule has 0 aliphatic heterocycles. The second kappa shape index (κ2) is 9.11. The standard InChI is InChI=1S/C21H22BrN3S3/c1-3-5-6-13(4-2)11-14-7-8-16(26-14)17-9-10-18(27-17)20-21-19(24-28-25-21)15(22)12-23-20/h7-10,12-13H,3-6,11H2,1-2H3. The summed E-state index contributed by atoms with van der Waals surface area (Å²) >= 11 is 8.47. The van der Waals surface area contributed by atoms with Crippen molar-refractivity contribution in [3.8, 4) is 20.3 Å². The monoisotopic (exact) mass is 491 g/mol. The van der Waals surface area contributed by atoms with E-state index in [1.807, 2.05) is 17.5 Å². The highest BCUT2D eigenvalue weighted by Crippen LogP contribution is 2.40. The van der Waals surface area contributed by atoms with Gasteiger partial charge in [0.25, 0.3) is 0 Å². The van der Waals surface area contributed by atoms with E-state index in [2.05, 4.69) is 67.8 Å². The van der Waals surface area contributed by atoms with E-state index in [1.165, 1.54) is 58.5 Å². The third kappa shape index (κ3) is 4.22. The number of hydrogen-bond donors (Lipinski definition) is 0. The van der Waals surface area contributed by atoms with E-state index >= 15 is 0 Å². The molecule has 0 spiro atoms. The van der Waals surface area contributed by atoms with Crippen LogP contribution in [-0.4, -0.2) is 13.7 Å². The van der Waals surface area contributed by atoms with E-state index in [0.29, 0.717) is 0 Å². The number of pyridine rings is 1. The molecule has 1 atom stereocenters. The predicted octanol–water partition coefficient (Wildman–Crippen LogP) is 8.06. The van der Waals surface area contributed by atoms with Gasteiger partial charge in [-0.3, -0.25) is 4.98 Å². The van der Waals surface area contributed by atoms with Gasteiger partial charge in [0, 0.05) is 20.8 Å². The van der Waals surface area contributed by atoms with E-state index in [-0.39, 0.29) is 0 Å². The fraction of sp³-hybridized carbons (Fsp3) is 0.381. The van der Waals surface area contributed by atoms with E-state index in [4.69, 9.17) is 0 Å². The van der Waals surface area contributed by atoms with Crippen molar-refractivity contribution < 1.29 is 0 Å². The molecule has 7 heteroatoms. The van der Waals surface area contributed by atoms with Gasteiger partial charge < -0.3 is 0 Å². The maximum absolute atomic E-state index is 4.61. The molecule has 0 saturated carbocycles. The minimum Gasteiger partial charge on any atom is -0.252 e. The molecule has 0 radical (unpaired) electrons. The maximum Gasteiger partial charge on any atom is 0.133 e. The Morgan fingerprint density at radius 2 is 1.71 bits per heavy atom. The lowest BCUT2D eigenvalue weighted by atomic mass is 9.95. The summed E-state index contributed by atoms with van der Waals surface area (Å²) in [5.41, 5.74) is 2.69. The van der Waals surface area contributed by atoms with Crippen LogP contribution in [0.4, 0.5) is 0 Å². The molecule has 0 N–H and O–H groups in total. The molecule has 4 aromatic rings. The maximum atomic E-state index is 4.61. The molecule has 0 aromatic carbocycles. The van der Waals surface area contributed by atoms with Gasteiger partial charge in [-0.15, -0.1) is 22.7 Å². The molecule has 28 heavy (non-hydrogen) atoms. The van der Waals surface area contributed by atoms with Crippen molar-refractivity contribution >= 4 is 61.4 Å². The predicted molar refractivity (Wildman–Crippen MR) is 127 cm³/mol. The molecular weight excluding hydrogens is 470 g/mol. The quantitative estimate of drug-likeness (QED) is 0.250. The van der Waals surface area contributed by atoms with Crippen LogP contribution in [0.3, 0.4) is 0 Å². The first-order valence-corrected chi connectivity index (χ1v) is 12.8. The second-order valence-corrected chi connectivity index (χ2v) is 10.6. The zero-order valence-electron chi connectivity index (χ0n) is 15.9. The summed E-state index contributed by atoms with van der Waals surface area (Å²) in [7, 11) is 0. The summed E-state index contributed by atoms with van der Waals surface area (Å²) in [6.45, 7) is 4.60. The number of rotatable bonds is 8. The van der Waals surface area contributed by atoms with Crippen LogP contribution in [0, 0.1) is 5.92 Å². The van der Waals surface area contributed by atoms with Gasteiger partial charge in [-0.1, -0.05) is 39.5 Å². The van der Waals surface area contributed by atoms with Crippen LogP contribution in [0.5, 0.6) is 0 Å². The molecule has 0 aliphatic carbocycles. The highest BCUT2D eigenvalue weighted by atomic mass is 79.9. The van der Waals surface area contributed by atoms with Gasteiger partial charge in [-0.05, 0) is 52.5 Å². The van der Waals surface area contributed by atoms with Gasteiger partial charge in [0.1, 0.15) is 16.7 Å². The first-order valence-electron chi connectivity index (χ1n) is 9.65. The largest absolute Gasteiger partial charge is 0.252 e. The van der Waals surface area contributed by atoms with Crippen LogP contribution in [0.25, 0.3) is 31.4 Å². The molecule has 4 heterocycles. The SMILES string of the molecule is CCCCC(CC)Cc1ccc(-c2ccc(-c3ncc(Br)c4nsnc34)s2)s1. The van der Waals surface area contributed by atoms with E-state index in [0.717, 1.165) is 32.0 Å². The fourth-order valence-corrected chi connectivity index (χ4v) is 6.64. The Morgan fingerprint density at radius 1 is 0.964 bits per heavy atom. The van der Waals surface area contributed by atoms with Crippen molar-refractivity contribution in [2.24, 2.45) is 5.92 Å². The number of halogens is 1. The summed E-state index contributed by atoms with van der Waals surface area (Å²) < 4.78 is 9.73. The van der Waals surface area contributed by atoms with Gasteiger partial charge in [-0.2, -0.15) is 8.75 Å². The lowest BCUT2D eigenvalue weighted by molar-refractivity contribution is 0.452. The van der Waals surface area contributed by atoms with Crippen LogP contribution < -0.4 is 0 Å². The van der Waals surface area contributed by atoms with Crippen LogP contribution in [0.2, 0.25) is 0 Å². The highest BCUT2D eigenvalue weighted by molar-refractivity contribution is 9.10. The minimum absolute atomic E-state index is 0.808. The molecule has 3 nitrogen and oxygen atoms in total. The van der Waals surface area contributed by atoms with Crippen molar-refractivity contribution in [1.29, 1.82) is 0 Å². The van der Waals surface area contributed by atoms with Gasteiger partial charge in [0.2, 0.25) is 0 Å². The number of aromatic nitrogens is 3. The lowest BCUT2D eigenvalue weighted by Crippen LogP contribution is -2.01. The zero-order valence-corrected chi connectivity index (χ0v) is 20.0. The topological polar surface area (TPSA) is 38.7 Å². The van der Waals surface area contributed by atoms with Crippen molar-refractivity contribution in [3.63, 3.8) is 0 Å². The van der Waals surface area contributed by atoms with E-state index < -0.39 is 0 Å². The molecule has 1 unspecified atom stereocenters. The molecule has 4 aromatic heterocycles. The van der Waals surface area contributed by atoms with Gasteiger partial charge in [-0.25, -0.2) is 0 Å². The molecule has 0 amide bonds. The Kier molecular flexibility index (Phi) is 6.55. The molecule has 0 fully saturated rings. The van der Waals surface area contributed by atoms with Crippen LogP contribution in [0.1, 0.15) is 44.4 Å². The summed E-state index contributed by atoms with van der Waals surface area (Å²) in [6, 6.07) is 8.95. The molecule has 0 bridgehead atoms. The van der Waals surface area contributed by atoms with Crippen molar-refractivity contribution in [1.82, 2.24) is 13.7 Å². The van der Waals surface area contributed by atoms with E-state index in [9.17, 15) is 0 Å². The van der Waals surface area contributed by atoms with Crippen LogP contribution in [-0.2, 0) is 6.42 Å². The Hall–Kier alpha value is -1.15. The summed E-state index contributed by atoms with van der Waals surface area (Å²) in [5.74, 6) is 0.808. The van der Waals surface area contributed by atoms with Crippen molar-refractivity contribution in [3.05, 3.63) is 39.8 Å². The number of unbranched alkanes of at least 4 members (excludes halogenated alkanes) is 1. The normalized spacial score (nSPS) is 12.7. The first-order chi connectivity index (χ1) is 13.7. The molecule has 0 aliphatic rings. The average Bonchev–Trinajstić information content (AvgIpc) is 3.45. The molecule has 146 valence electrons. The Morgan fingerprint density at radius 3 is 2.54 bits per heavy atom. The van der Waals surface area contributed by atoms with Crippen molar-refractivity contribution in [2.75, 3.05) is 0 Å². The zero-order chi connectivity index (χ0) is 19.5. The van der Waals surface area contributed by atoms with Crippen LogP contribution in [0.15, 0.2) is 34.9 Å². The summed E-state index contributed by atoms with van der Waals surface area (Å²) in [6.07, 6.45) is 8.27. The molecule has 0 saturated heterocycles. The van der Waals surface area contributed by atoms with Gasteiger partial charge in [0.15, 0.2) is 0 Å². The summed E-state index contributed by atoms with van der Waals surface area (Å²) in [4.78, 5) is 9.90. The third-order valence-electron chi connectivity index (χ3n) is 5.02. The number of thiophene rings is 2.